The fourth-order valence-corrected chi connectivity index (χ4v) is 3.38. The van der Waals surface area contributed by atoms with E-state index in [4.69, 9.17) is 5.73 Å². The average molecular weight is 444 g/mol. The first-order chi connectivity index (χ1) is 15.7. The molecule has 0 bridgehead atoms. The van der Waals surface area contributed by atoms with E-state index < -0.39 is 11.4 Å². The van der Waals surface area contributed by atoms with Gasteiger partial charge in [-0.25, -0.2) is 19.0 Å². The predicted molar refractivity (Wildman–Crippen MR) is 119 cm³/mol. The number of rotatable bonds is 5. The van der Waals surface area contributed by atoms with Crippen molar-refractivity contribution >= 4 is 5.95 Å². The van der Waals surface area contributed by atoms with Gasteiger partial charge in [-0.1, -0.05) is 23.4 Å². The van der Waals surface area contributed by atoms with Crippen LogP contribution in [0.3, 0.4) is 0 Å². The number of nitrogens with zero attached hydrogens (tertiary/aromatic N) is 7. The van der Waals surface area contributed by atoms with E-state index in [1.54, 1.807) is 57.2 Å². The number of benzene rings is 1. The first kappa shape index (κ1) is 22.0. The van der Waals surface area contributed by atoms with Gasteiger partial charge in [-0.3, -0.25) is 4.98 Å². The van der Waals surface area contributed by atoms with Gasteiger partial charge < -0.3 is 10.8 Å². The van der Waals surface area contributed by atoms with Gasteiger partial charge in [0, 0.05) is 5.56 Å². The highest BCUT2D eigenvalue weighted by atomic mass is 19.1. The van der Waals surface area contributed by atoms with Crippen LogP contribution in [0.5, 0.6) is 0 Å². The first-order valence-electron chi connectivity index (χ1n) is 10.1. The van der Waals surface area contributed by atoms with Gasteiger partial charge in [-0.15, -0.1) is 5.10 Å². The molecule has 3 aromatic heterocycles. The molecule has 0 aliphatic rings. The molecule has 3 heterocycles. The van der Waals surface area contributed by atoms with Crippen LogP contribution in [0, 0.1) is 24.1 Å². The summed E-state index contributed by atoms with van der Waals surface area (Å²) in [5.41, 5.74) is 7.48. The predicted octanol–water partition coefficient (Wildman–Crippen LogP) is 2.97. The van der Waals surface area contributed by atoms with Crippen molar-refractivity contribution in [3.63, 3.8) is 0 Å². The maximum atomic E-state index is 15.5. The third-order valence-corrected chi connectivity index (χ3v) is 5.12. The van der Waals surface area contributed by atoms with Gasteiger partial charge in [0.15, 0.2) is 5.82 Å². The number of aromatic nitrogens is 6. The number of hydrogen-bond acceptors (Lipinski definition) is 8. The SMILES string of the molecule is Cc1c(C#N)cccc1-c1nc(N)nc(-c2cn(Cc3cccc(C(C)(C)O)n3)nn2)c1F. The van der Waals surface area contributed by atoms with Crippen LogP contribution in [0.25, 0.3) is 22.6 Å². The lowest BCUT2D eigenvalue weighted by molar-refractivity contribution is 0.0736. The molecule has 4 aromatic rings. The number of nitrogens with two attached hydrogens (primary N) is 1. The van der Waals surface area contributed by atoms with E-state index in [9.17, 15) is 10.4 Å². The zero-order valence-corrected chi connectivity index (χ0v) is 18.3. The third kappa shape index (κ3) is 4.40. The highest BCUT2D eigenvalue weighted by molar-refractivity contribution is 5.72. The Balaban J connectivity index is 1.70. The van der Waals surface area contributed by atoms with Crippen molar-refractivity contribution in [3.8, 4) is 28.7 Å². The van der Waals surface area contributed by atoms with Crippen molar-refractivity contribution in [3.05, 3.63) is 70.9 Å². The van der Waals surface area contributed by atoms with Crippen LogP contribution in [0.15, 0.2) is 42.6 Å². The highest BCUT2D eigenvalue weighted by Gasteiger charge is 2.21. The quantitative estimate of drug-likeness (QED) is 0.479. The Morgan fingerprint density at radius 1 is 1.12 bits per heavy atom. The fourth-order valence-electron chi connectivity index (χ4n) is 3.38. The van der Waals surface area contributed by atoms with E-state index in [0.29, 0.717) is 28.1 Å². The van der Waals surface area contributed by atoms with Gasteiger partial charge >= 0.3 is 0 Å². The molecule has 0 aliphatic heterocycles. The Morgan fingerprint density at radius 3 is 2.58 bits per heavy atom. The summed E-state index contributed by atoms with van der Waals surface area (Å²) in [6, 6.07) is 12.4. The monoisotopic (exact) mass is 444 g/mol. The summed E-state index contributed by atoms with van der Waals surface area (Å²) in [4.78, 5) is 12.5. The molecular weight excluding hydrogens is 423 g/mol. The van der Waals surface area contributed by atoms with Gasteiger partial charge in [-0.2, -0.15) is 5.26 Å². The second-order valence-electron chi connectivity index (χ2n) is 8.06. The molecule has 9 nitrogen and oxygen atoms in total. The second-order valence-corrected chi connectivity index (χ2v) is 8.06. The van der Waals surface area contributed by atoms with Crippen LogP contribution in [-0.2, 0) is 12.1 Å². The van der Waals surface area contributed by atoms with Gasteiger partial charge in [0.1, 0.15) is 22.7 Å². The van der Waals surface area contributed by atoms with Gasteiger partial charge in [0.25, 0.3) is 0 Å². The van der Waals surface area contributed by atoms with E-state index in [1.807, 2.05) is 0 Å². The van der Waals surface area contributed by atoms with Crippen molar-refractivity contribution in [2.75, 3.05) is 5.73 Å². The minimum atomic E-state index is -1.08. The maximum Gasteiger partial charge on any atom is 0.221 e. The number of pyridine rings is 1. The molecular formula is C23H21FN8O. The normalized spacial score (nSPS) is 11.4. The summed E-state index contributed by atoms with van der Waals surface area (Å²) in [5.74, 6) is -0.839. The smallest absolute Gasteiger partial charge is 0.221 e. The Kier molecular flexibility index (Phi) is 5.57. The van der Waals surface area contributed by atoms with Crippen molar-refractivity contribution in [1.29, 1.82) is 5.26 Å². The summed E-state index contributed by atoms with van der Waals surface area (Å²) >= 11 is 0. The Hall–Kier alpha value is -4.23. The maximum absolute atomic E-state index is 15.5. The lowest BCUT2D eigenvalue weighted by Crippen LogP contribution is -2.18. The van der Waals surface area contributed by atoms with Crippen LogP contribution in [0.1, 0.15) is 36.4 Å². The second kappa shape index (κ2) is 8.37. The summed E-state index contributed by atoms with van der Waals surface area (Å²) < 4.78 is 17.0. The van der Waals surface area contributed by atoms with Gasteiger partial charge in [0.2, 0.25) is 5.95 Å². The largest absolute Gasteiger partial charge is 0.384 e. The molecule has 0 spiro atoms. The zero-order chi connectivity index (χ0) is 23.8. The van der Waals surface area contributed by atoms with E-state index in [-0.39, 0.29) is 29.6 Å². The minimum absolute atomic E-state index is 0.0128. The molecule has 0 atom stereocenters. The highest BCUT2D eigenvalue weighted by Crippen LogP contribution is 2.31. The van der Waals surface area contributed by atoms with Crippen molar-refractivity contribution in [1.82, 2.24) is 29.9 Å². The van der Waals surface area contributed by atoms with Crippen molar-refractivity contribution in [2.24, 2.45) is 0 Å². The lowest BCUT2D eigenvalue weighted by Gasteiger charge is -2.17. The van der Waals surface area contributed by atoms with Crippen molar-refractivity contribution < 1.29 is 9.50 Å². The van der Waals surface area contributed by atoms with Crippen LogP contribution in [-0.4, -0.2) is 35.1 Å². The standard InChI is InChI=1S/C23H21FN8O/c1-13-14(10-25)6-4-8-16(13)20-19(24)21(29-22(26)28-20)17-12-32(31-30-17)11-15-7-5-9-18(27-15)23(2,3)33/h4-9,12,33H,11H2,1-3H3,(H2,26,28,29). The summed E-state index contributed by atoms with van der Waals surface area (Å²) in [6.07, 6.45) is 1.53. The van der Waals surface area contributed by atoms with Crippen LogP contribution < -0.4 is 5.73 Å². The molecule has 10 heteroatoms. The van der Waals surface area contributed by atoms with Crippen LogP contribution >= 0.6 is 0 Å². The molecule has 0 fully saturated rings. The molecule has 0 saturated carbocycles. The fraction of sp³-hybridized carbons (Fsp3) is 0.217. The summed E-state index contributed by atoms with van der Waals surface area (Å²) in [6.45, 7) is 5.28. The van der Waals surface area contributed by atoms with Gasteiger partial charge in [0.05, 0.1) is 35.8 Å². The van der Waals surface area contributed by atoms with Crippen LogP contribution in [0.4, 0.5) is 10.3 Å². The number of nitrogen functional groups attached to an aromatic ring is 1. The summed E-state index contributed by atoms with van der Waals surface area (Å²) in [5, 5.41) is 27.6. The molecule has 1 aromatic carbocycles. The zero-order valence-electron chi connectivity index (χ0n) is 18.3. The molecule has 166 valence electrons. The Morgan fingerprint density at radius 2 is 1.85 bits per heavy atom. The molecule has 0 unspecified atom stereocenters. The number of aliphatic hydroxyl groups is 1. The molecule has 33 heavy (non-hydrogen) atoms. The molecule has 3 N–H and O–H groups in total. The Bertz CT molecular complexity index is 1380. The minimum Gasteiger partial charge on any atom is -0.384 e. The summed E-state index contributed by atoms with van der Waals surface area (Å²) in [7, 11) is 0. The number of halogens is 1. The van der Waals surface area contributed by atoms with Crippen molar-refractivity contribution in [2.45, 2.75) is 32.9 Å². The molecule has 0 saturated heterocycles. The number of hydrogen-bond donors (Lipinski definition) is 2. The van der Waals surface area contributed by atoms with E-state index >= 15 is 4.39 Å². The number of nitriles is 1. The number of anilines is 1. The van der Waals surface area contributed by atoms with E-state index in [0.717, 1.165) is 0 Å². The first-order valence-corrected chi connectivity index (χ1v) is 10.1. The van der Waals surface area contributed by atoms with E-state index in [2.05, 4.69) is 31.3 Å². The molecule has 4 rings (SSSR count). The lowest BCUT2D eigenvalue weighted by atomic mass is 9.99. The third-order valence-electron chi connectivity index (χ3n) is 5.12. The van der Waals surface area contributed by atoms with Crippen LogP contribution in [0.2, 0.25) is 0 Å². The molecule has 0 radical (unpaired) electrons. The van der Waals surface area contributed by atoms with Gasteiger partial charge in [-0.05, 0) is 44.5 Å². The average Bonchev–Trinajstić information content (AvgIpc) is 3.23. The topological polar surface area (TPSA) is 139 Å². The van der Waals surface area contributed by atoms with E-state index in [1.165, 1.54) is 10.9 Å². The Labute approximate surface area is 189 Å². The molecule has 0 amide bonds. The molecule has 0 aliphatic carbocycles.